The van der Waals surface area contributed by atoms with Crippen LogP contribution in [0.25, 0.3) is 0 Å². The van der Waals surface area contributed by atoms with Crippen LogP contribution in [0.2, 0.25) is 0 Å². The Balaban J connectivity index is 2.22. The minimum absolute atomic E-state index is 0.0927. The SMILES string of the molecule is Nc1ccc(C(c2ccccc2)c2ccc(N)cc2O)c(O)c1. The van der Waals surface area contributed by atoms with Gasteiger partial charge in [-0.3, -0.25) is 0 Å². The quantitative estimate of drug-likeness (QED) is 0.440. The maximum absolute atomic E-state index is 10.3. The Morgan fingerprint density at radius 2 is 1.13 bits per heavy atom. The molecule has 3 aromatic rings. The summed E-state index contributed by atoms with van der Waals surface area (Å²) >= 11 is 0. The van der Waals surface area contributed by atoms with Crippen LogP contribution in [-0.4, -0.2) is 10.2 Å². The van der Waals surface area contributed by atoms with Crippen LogP contribution < -0.4 is 11.5 Å². The van der Waals surface area contributed by atoms with E-state index in [0.29, 0.717) is 22.5 Å². The molecule has 3 aromatic carbocycles. The number of nitrogens with two attached hydrogens (primary N) is 2. The Kier molecular flexibility index (Phi) is 3.81. The first-order valence-corrected chi connectivity index (χ1v) is 7.28. The van der Waals surface area contributed by atoms with Gasteiger partial charge in [0.25, 0.3) is 0 Å². The average molecular weight is 306 g/mol. The normalized spacial score (nSPS) is 10.8. The number of hydrogen-bond donors (Lipinski definition) is 4. The van der Waals surface area contributed by atoms with Gasteiger partial charge < -0.3 is 21.7 Å². The van der Waals surface area contributed by atoms with Crippen molar-refractivity contribution in [3.05, 3.63) is 83.4 Å². The largest absolute Gasteiger partial charge is 0.508 e. The van der Waals surface area contributed by atoms with Crippen molar-refractivity contribution < 1.29 is 10.2 Å². The zero-order chi connectivity index (χ0) is 16.4. The van der Waals surface area contributed by atoms with Crippen LogP contribution in [0.5, 0.6) is 11.5 Å². The molecule has 0 aromatic heterocycles. The number of rotatable bonds is 3. The van der Waals surface area contributed by atoms with Crippen molar-refractivity contribution in [2.24, 2.45) is 0 Å². The van der Waals surface area contributed by atoms with E-state index in [2.05, 4.69) is 0 Å². The smallest absolute Gasteiger partial charge is 0.121 e. The molecule has 3 rings (SSSR count). The van der Waals surface area contributed by atoms with Crippen molar-refractivity contribution in [2.75, 3.05) is 11.5 Å². The molecule has 0 radical (unpaired) electrons. The van der Waals surface area contributed by atoms with Crippen LogP contribution in [0.3, 0.4) is 0 Å². The summed E-state index contributed by atoms with van der Waals surface area (Å²) in [6.07, 6.45) is 0. The summed E-state index contributed by atoms with van der Waals surface area (Å²) in [5, 5.41) is 20.7. The van der Waals surface area contributed by atoms with Crippen molar-refractivity contribution in [2.45, 2.75) is 5.92 Å². The van der Waals surface area contributed by atoms with E-state index in [4.69, 9.17) is 11.5 Å². The fourth-order valence-corrected chi connectivity index (χ4v) is 2.78. The first-order valence-electron chi connectivity index (χ1n) is 7.28. The molecule has 0 bridgehead atoms. The summed E-state index contributed by atoms with van der Waals surface area (Å²) in [6.45, 7) is 0. The molecule has 0 aliphatic rings. The Bertz CT molecular complexity index is 781. The molecule has 23 heavy (non-hydrogen) atoms. The Hall–Kier alpha value is -3.14. The molecule has 0 unspecified atom stereocenters. The van der Waals surface area contributed by atoms with Crippen molar-refractivity contribution in [3.63, 3.8) is 0 Å². The lowest BCUT2D eigenvalue weighted by molar-refractivity contribution is 0.459. The van der Waals surface area contributed by atoms with E-state index in [1.54, 1.807) is 24.3 Å². The topological polar surface area (TPSA) is 92.5 Å². The van der Waals surface area contributed by atoms with E-state index in [1.807, 2.05) is 30.3 Å². The van der Waals surface area contributed by atoms with Crippen LogP contribution in [0.1, 0.15) is 22.6 Å². The predicted octanol–water partition coefficient (Wildman–Crippen LogP) is 3.44. The van der Waals surface area contributed by atoms with Crippen LogP contribution in [-0.2, 0) is 0 Å². The number of phenolic OH excluding ortho intramolecular Hbond substituents is 2. The second-order valence-corrected chi connectivity index (χ2v) is 5.48. The van der Waals surface area contributed by atoms with Gasteiger partial charge in [0.05, 0.1) is 0 Å². The summed E-state index contributed by atoms with van der Waals surface area (Å²) in [5.41, 5.74) is 14.7. The van der Waals surface area contributed by atoms with Gasteiger partial charge in [-0.1, -0.05) is 42.5 Å². The lowest BCUT2D eigenvalue weighted by Crippen LogP contribution is -2.05. The summed E-state index contributed by atoms with van der Waals surface area (Å²) in [7, 11) is 0. The van der Waals surface area contributed by atoms with Crippen LogP contribution in [0, 0.1) is 0 Å². The van der Waals surface area contributed by atoms with Gasteiger partial charge in [-0.15, -0.1) is 0 Å². The maximum atomic E-state index is 10.3. The molecule has 0 aliphatic heterocycles. The lowest BCUT2D eigenvalue weighted by atomic mass is 9.84. The number of aromatic hydroxyl groups is 2. The summed E-state index contributed by atoms with van der Waals surface area (Å²) < 4.78 is 0. The Labute approximate surface area is 134 Å². The van der Waals surface area contributed by atoms with Gasteiger partial charge in [0.2, 0.25) is 0 Å². The van der Waals surface area contributed by atoms with E-state index in [-0.39, 0.29) is 17.4 Å². The van der Waals surface area contributed by atoms with Gasteiger partial charge in [0, 0.05) is 40.6 Å². The molecule has 0 atom stereocenters. The number of benzene rings is 3. The van der Waals surface area contributed by atoms with Gasteiger partial charge in [0.1, 0.15) is 11.5 Å². The fourth-order valence-electron chi connectivity index (χ4n) is 2.78. The van der Waals surface area contributed by atoms with Crippen LogP contribution in [0.15, 0.2) is 66.7 Å². The van der Waals surface area contributed by atoms with Gasteiger partial charge in [-0.25, -0.2) is 0 Å². The Morgan fingerprint density at radius 3 is 1.57 bits per heavy atom. The summed E-state index contributed by atoms with van der Waals surface area (Å²) in [4.78, 5) is 0. The van der Waals surface area contributed by atoms with Crippen molar-refractivity contribution in [1.29, 1.82) is 0 Å². The molecule has 4 heteroatoms. The molecule has 0 aliphatic carbocycles. The number of phenols is 2. The fraction of sp³-hybridized carbons (Fsp3) is 0.0526. The average Bonchev–Trinajstić information content (AvgIpc) is 2.52. The first-order chi connectivity index (χ1) is 11.1. The minimum atomic E-state index is -0.322. The van der Waals surface area contributed by atoms with Crippen LogP contribution >= 0.6 is 0 Å². The van der Waals surface area contributed by atoms with Gasteiger partial charge in [0.15, 0.2) is 0 Å². The highest BCUT2D eigenvalue weighted by molar-refractivity contribution is 5.58. The van der Waals surface area contributed by atoms with Gasteiger partial charge in [-0.2, -0.15) is 0 Å². The molecule has 0 saturated heterocycles. The van der Waals surface area contributed by atoms with Gasteiger partial charge in [-0.05, 0) is 17.7 Å². The third-order valence-electron chi connectivity index (χ3n) is 3.86. The summed E-state index contributed by atoms with van der Waals surface area (Å²) in [5.74, 6) is -0.137. The molecule has 0 spiro atoms. The van der Waals surface area contributed by atoms with Crippen molar-refractivity contribution in [1.82, 2.24) is 0 Å². The third kappa shape index (κ3) is 2.92. The second-order valence-electron chi connectivity index (χ2n) is 5.48. The molecule has 0 amide bonds. The highest BCUT2D eigenvalue weighted by Crippen LogP contribution is 2.41. The standard InChI is InChI=1S/C19H18N2O2/c20-13-6-8-15(17(22)10-13)19(12-4-2-1-3-5-12)16-9-7-14(21)11-18(16)23/h1-11,19,22-23H,20-21H2. The molecule has 0 fully saturated rings. The molecular formula is C19H18N2O2. The lowest BCUT2D eigenvalue weighted by Gasteiger charge is -2.21. The first kappa shape index (κ1) is 14.8. The summed E-state index contributed by atoms with van der Waals surface area (Å²) in [6, 6.07) is 19.7. The molecule has 116 valence electrons. The number of hydrogen-bond acceptors (Lipinski definition) is 4. The van der Waals surface area contributed by atoms with Crippen molar-refractivity contribution >= 4 is 11.4 Å². The van der Waals surface area contributed by atoms with Gasteiger partial charge >= 0.3 is 0 Å². The van der Waals surface area contributed by atoms with Crippen LogP contribution in [0.4, 0.5) is 11.4 Å². The maximum Gasteiger partial charge on any atom is 0.121 e. The molecule has 0 heterocycles. The Morgan fingerprint density at radius 1 is 0.652 bits per heavy atom. The highest BCUT2D eigenvalue weighted by Gasteiger charge is 2.22. The molecule has 6 N–H and O–H groups in total. The molecule has 4 nitrogen and oxygen atoms in total. The minimum Gasteiger partial charge on any atom is -0.508 e. The highest BCUT2D eigenvalue weighted by atomic mass is 16.3. The van der Waals surface area contributed by atoms with E-state index in [1.165, 1.54) is 12.1 Å². The van der Waals surface area contributed by atoms with Crippen molar-refractivity contribution in [3.8, 4) is 11.5 Å². The van der Waals surface area contributed by atoms with E-state index in [0.717, 1.165) is 5.56 Å². The zero-order valence-corrected chi connectivity index (χ0v) is 12.5. The molecule has 0 saturated carbocycles. The van der Waals surface area contributed by atoms with E-state index in [9.17, 15) is 10.2 Å². The second kappa shape index (κ2) is 5.93. The zero-order valence-electron chi connectivity index (χ0n) is 12.5. The number of anilines is 2. The third-order valence-corrected chi connectivity index (χ3v) is 3.86. The monoisotopic (exact) mass is 306 g/mol. The van der Waals surface area contributed by atoms with E-state index >= 15 is 0 Å². The number of nitrogen functional groups attached to an aromatic ring is 2. The van der Waals surface area contributed by atoms with E-state index < -0.39 is 0 Å². The predicted molar refractivity (Wildman–Crippen MR) is 92.4 cm³/mol. The molecular weight excluding hydrogens is 288 g/mol.